The van der Waals surface area contributed by atoms with Gasteiger partial charge in [-0.05, 0) is 20.8 Å². The number of Topliss-reactive ketones (excluding diaryl/α,β-unsaturated/α-hetero) is 1. The summed E-state index contributed by atoms with van der Waals surface area (Å²) in [5.74, 6) is -3.39. The largest absolute Gasteiger partial charge is 0.481 e. The molecule has 0 spiro atoms. The van der Waals surface area contributed by atoms with Crippen molar-refractivity contribution in [1.29, 1.82) is 0 Å². The quantitative estimate of drug-likeness (QED) is 0.398. The average Bonchev–Trinajstić information content (AvgIpc) is 2.30. The highest BCUT2D eigenvalue weighted by molar-refractivity contribution is 6.02. The van der Waals surface area contributed by atoms with Crippen LogP contribution in [0, 0.1) is 0 Å². The highest BCUT2D eigenvalue weighted by Crippen LogP contribution is 1.90. The predicted octanol–water partition coefficient (Wildman–Crippen LogP) is 1.71. The fourth-order valence-corrected chi connectivity index (χ4v) is 0.917. The van der Waals surface area contributed by atoms with Gasteiger partial charge in [-0.15, -0.1) is 13.2 Å². The molecule has 0 aromatic carbocycles. The summed E-state index contributed by atoms with van der Waals surface area (Å²) in [4.78, 5) is 29.9. The lowest BCUT2D eigenvalue weighted by molar-refractivity contribution is -0.143. The van der Waals surface area contributed by atoms with Gasteiger partial charge in [-0.1, -0.05) is 0 Å². The molecule has 118 valence electrons. The molecule has 0 aliphatic rings. The van der Waals surface area contributed by atoms with Crippen LogP contribution in [0.5, 0.6) is 0 Å². The van der Waals surface area contributed by atoms with Gasteiger partial charge in [0.15, 0.2) is 12.1 Å². The number of rotatable bonds is 8. The van der Waals surface area contributed by atoms with Crippen LogP contribution in [0.1, 0.15) is 33.6 Å². The first kappa shape index (κ1) is 23.4. The Morgan fingerprint density at radius 3 is 1.45 bits per heavy atom. The van der Waals surface area contributed by atoms with Gasteiger partial charge in [-0.2, -0.15) is 0 Å². The van der Waals surface area contributed by atoms with Crippen molar-refractivity contribution in [1.82, 2.24) is 0 Å². The second-order valence-corrected chi connectivity index (χ2v) is 3.16. The van der Waals surface area contributed by atoms with Gasteiger partial charge < -0.3 is 19.7 Å². The van der Waals surface area contributed by atoms with Gasteiger partial charge >= 0.3 is 11.9 Å². The van der Waals surface area contributed by atoms with Crippen molar-refractivity contribution in [2.75, 3.05) is 13.2 Å². The molecule has 0 rings (SSSR count). The van der Waals surface area contributed by atoms with Crippen molar-refractivity contribution in [3.63, 3.8) is 0 Å². The van der Waals surface area contributed by atoms with Crippen LogP contribution in [0.15, 0.2) is 13.2 Å². The minimum absolute atomic E-state index is 0.0370. The third-order valence-electron chi connectivity index (χ3n) is 1.50. The van der Waals surface area contributed by atoms with Crippen LogP contribution in [0.3, 0.4) is 0 Å². The van der Waals surface area contributed by atoms with E-state index in [2.05, 4.69) is 13.2 Å². The zero-order valence-electron chi connectivity index (χ0n) is 12.3. The molecule has 7 nitrogen and oxygen atoms in total. The lowest BCUT2D eigenvalue weighted by Gasteiger charge is -2.09. The highest BCUT2D eigenvalue weighted by atomic mass is 16.7. The van der Waals surface area contributed by atoms with E-state index in [9.17, 15) is 14.4 Å². The smallest absolute Gasteiger partial charge is 0.310 e. The molecule has 0 fully saturated rings. The monoisotopic (exact) mass is 292 g/mol. The highest BCUT2D eigenvalue weighted by Gasteiger charge is 2.10. The van der Waals surface area contributed by atoms with E-state index < -0.39 is 30.6 Å². The maximum Gasteiger partial charge on any atom is 0.310 e. The molecule has 0 aromatic rings. The zero-order chi connectivity index (χ0) is 16.6. The van der Waals surface area contributed by atoms with Crippen molar-refractivity contribution in [2.45, 2.75) is 39.9 Å². The SMILES string of the molecule is C=C.CCOC(C)OCC.O=C(O)CC(=O)CC(=O)O. The Kier molecular flexibility index (Phi) is 20.2. The molecule has 0 atom stereocenters. The second kappa shape index (κ2) is 17.3. The zero-order valence-corrected chi connectivity index (χ0v) is 12.3. The third kappa shape index (κ3) is 25.2. The van der Waals surface area contributed by atoms with E-state index in [1.165, 1.54) is 0 Å². The van der Waals surface area contributed by atoms with E-state index in [1.54, 1.807) is 0 Å². The summed E-state index contributed by atoms with van der Waals surface area (Å²) in [6, 6.07) is 0. The first-order chi connectivity index (χ1) is 9.33. The molecule has 0 aliphatic carbocycles. The lowest BCUT2D eigenvalue weighted by Crippen LogP contribution is -2.11. The van der Waals surface area contributed by atoms with Crippen LogP contribution in [-0.2, 0) is 23.9 Å². The van der Waals surface area contributed by atoms with E-state index >= 15 is 0 Å². The number of ether oxygens (including phenoxy) is 2. The number of aliphatic carboxylic acids is 2. The topological polar surface area (TPSA) is 110 Å². The second-order valence-electron chi connectivity index (χ2n) is 3.16. The number of ketones is 1. The van der Waals surface area contributed by atoms with Crippen LogP contribution < -0.4 is 0 Å². The summed E-state index contributed by atoms with van der Waals surface area (Å²) in [6.45, 7) is 13.3. The maximum atomic E-state index is 10.3. The van der Waals surface area contributed by atoms with Gasteiger partial charge in [0.25, 0.3) is 0 Å². The summed E-state index contributed by atoms with van der Waals surface area (Å²) in [6.07, 6.45) is -1.47. The Morgan fingerprint density at radius 1 is 0.950 bits per heavy atom. The number of carboxylic acid groups (broad SMARTS) is 2. The van der Waals surface area contributed by atoms with Crippen LogP contribution in [0.4, 0.5) is 0 Å². The number of carboxylic acids is 2. The van der Waals surface area contributed by atoms with Gasteiger partial charge in [0.1, 0.15) is 12.8 Å². The van der Waals surface area contributed by atoms with Crippen molar-refractivity contribution >= 4 is 17.7 Å². The van der Waals surface area contributed by atoms with Crippen LogP contribution >= 0.6 is 0 Å². The number of carbonyl (C=O) groups excluding carboxylic acids is 1. The molecule has 0 aliphatic heterocycles. The minimum Gasteiger partial charge on any atom is -0.481 e. The minimum atomic E-state index is -1.30. The lowest BCUT2D eigenvalue weighted by atomic mass is 10.2. The van der Waals surface area contributed by atoms with Crippen molar-refractivity contribution in [3.8, 4) is 0 Å². The Bertz CT molecular complexity index is 252. The van der Waals surface area contributed by atoms with Gasteiger partial charge in [-0.3, -0.25) is 14.4 Å². The summed E-state index contributed by atoms with van der Waals surface area (Å²) in [7, 11) is 0. The molecular formula is C13H24O7. The van der Waals surface area contributed by atoms with Gasteiger partial charge in [-0.25, -0.2) is 0 Å². The van der Waals surface area contributed by atoms with Crippen molar-refractivity contribution in [2.24, 2.45) is 0 Å². The molecule has 0 amide bonds. The fraction of sp³-hybridized carbons (Fsp3) is 0.615. The van der Waals surface area contributed by atoms with Gasteiger partial charge in [0, 0.05) is 13.2 Å². The Labute approximate surface area is 119 Å². The van der Waals surface area contributed by atoms with E-state index in [4.69, 9.17) is 19.7 Å². The Morgan fingerprint density at radius 2 is 1.25 bits per heavy atom. The molecule has 2 N–H and O–H groups in total. The van der Waals surface area contributed by atoms with Gasteiger partial charge in [0.05, 0.1) is 0 Å². The van der Waals surface area contributed by atoms with Crippen LogP contribution in [0.25, 0.3) is 0 Å². The summed E-state index contributed by atoms with van der Waals surface area (Å²) in [5.41, 5.74) is 0. The van der Waals surface area contributed by atoms with Crippen LogP contribution in [0.2, 0.25) is 0 Å². The Balaban J connectivity index is -0.000000262. The number of hydrogen-bond acceptors (Lipinski definition) is 5. The third-order valence-corrected chi connectivity index (χ3v) is 1.50. The first-order valence-electron chi connectivity index (χ1n) is 6.01. The molecule has 20 heavy (non-hydrogen) atoms. The van der Waals surface area contributed by atoms with E-state index in [0.29, 0.717) is 0 Å². The molecule has 0 bridgehead atoms. The molecule has 0 heterocycles. The normalized spacial score (nSPS) is 8.80. The number of carbonyl (C=O) groups is 3. The fourth-order valence-electron chi connectivity index (χ4n) is 0.917. The average molecular weight is 292 g/mol. The van der Waals surface area contributed by atoms with Crippen molar-refractivity contribution < 1.29 is 34.1 Å². The summed E-state index contributed by atoms with van der Waals surface area (Å²) < 4.78 is 10.1. The number of hydrogen-bond donors (Lipinski definition) is 2. The van der Waals surface area contributed by atoms with E-state index in [-0.39, 0.29) is 6.29 Å². The van der Waals surface area contributed by atoms with E-state index in [1.807, 2.05) is 20.8 Å². The molecule has 0 aromatic heterocycles. The van der Waals surface area contributed by atoms with Gasteiger partial charge in [0.2, 0.25) is 0 Å². The first-order valence-corrected chi connectivity index (χ1v) is 6.01. The summed E-state index contributed by atoms with van der Waals surface area (Å²) >= 11 is 0. The molecular weight excluding hydrogens is 268 g/mol. The molecule has 7 heteroatoms. The molecule has 0 saturated carbocycles. The molecule has 0 saturated heterocycles. The van der Waals surface area contributed by atoms with Crippen LogP contribution in [-0.4, -0.2) is 47.4 Å². The summed E-state index contributed by atoms with van der Waals surface area (Å²) in [5, 5.41) is 16.0. The molecule has 0 unspecified atom stereocenters. The predicted molar refractivity (Wildman–Crippen MR) is 73.5 cm³/mol. The maximum absolute atomic E-state index is 10.3. The standard InChI is InChI=1S/C6H14O2.C5H6O5.C2H4/c1-4-7-6(3)8-5-2;6-3(1-4(7)8)2-5(9)10;1-2/h6H,4-5H2,1-3H3;1-2H2,(H,7,8)(H,9,10);1-2H2. The molecule has 0 radical (unpaired) electrons. The van der Waals surface area contributed by atoms with Crippen molar-refractivity contribution in [3.05, 3.63) is 13.2 Å². The Hall–Kier alpha value is -1.73. The van der Waals surface area contributed by atoms with E-state index in [0.717, 1.165) is 13.2 Å².